The number of hydrogen-bond donors (Lipinski definition) is 0. The normalized spacial score (nSPS) is 17.0. The van der Waals surface area contributed by atoms with Gasteiger partial charge in [0.15, 0.2) is 0 Å². The minimum atomic E-state index is -0.378. The summed E-state index contributed by atoms with van der Waals surface area (Å²) < 4.78 is 19.1. The van der Waals surface area contributed by atoms with Gasteiger partial charge >= 0.3 is 0 Å². The van der Waals surface area contributed by atoms with Crippen molar-refractivity contribution in [1.29, 1.82) is 0 Å². The van der Waals surface area contributed by atoms with E-state index in [9.17, 15) is 14.0 Å². The van der Waals surface area contributed by atoms with E-state index in [4.69, 9.17) is 4.74 Å². The van der Waals surface area contributed by atoms with Crippen LogP contribution in [0.4, 0.5) is 10.1 Å². The Bertz CT molecular complexity index is 1010. The van der Waals surface area contributed by atoms with Crippen LogP contribution in [0.15, 0.2) is 60.3 Å². The van der Waals surface area contributed by atoms with Crippen LogP contribution in [-0.4, -0.2) is 67.0 Å². The van der Waals surface area contributed by atoms with Gasteiger partial charge < -0.3 is 14.5 Å². The first-order chi connectivity index (χ1) is 16.0. The molecule has 2 aromatic rings. The number of amides is 2. The van der Waals surface area contributed by atoms with Crippen LogP contribution in [0.3, 0.4) is 0 Å². The van der Waals surface area contributed by atoms with Crippen molar-refractivity contribution in [3.63, 3.8) is 0 Å². The summed E-state index contributed by atoms with van der Waals surface area (Å²) in [5.41, 5.74) is 2.49. The number of carbonyl (C=O) groups excluding carboxylic acids is 2. The van der Waals surface area contributed by atoms with Crippen molar-refractivity contribution in [3.05, 3.63) is 71.7 Å². The van der Waals surface area contributed by atoms with Gasteiger partial charge in [0.05, 0.1) is 11.7 Å². The van der Waals surface area contributed by atoms with E-state index in [0.29, 0.717) is 49.5 Å². The van der Waals surface area contributed by atoms with Crippen LogP contribution in [0.1, 0.15) is 25.8 Å². The highest BCUT2D eigenvalue weighted by Crippen LogP contribution is 2.33. The van der Waals surface area contributed by atoms with Crippen LogP contribution in [0.25, 0.3) is 5.57 Å². The monoisotopic (exact) mass is 451 g/mol. The molecule has 0 unspecified atom stereocenters. The van der Waals surface area contributed by atoms with E-state index in [0.717, 1.165) is 18.8 Å². The van der Waals surface area contributed by atoms with Crippen LogP contribution in [0.5, 0.6) is 0 Å². The zero-order chi connectivity index (χ0) is 23.4. The molecule has 2 heterocycles. The highest BCUT2D eigenvalue weighted by Gasteiger charge is 2.41. The van der Waals surface area contributed by atoms with Gasteiger partial charge in [-0.05, 0) is 50.1 Å². The van der Waals surface area contributed by atoms with Crippen molar-refractivity contribution in [3.8, 4) is 0 Å². The van der Waals surface area contributed by atoms with E-state index in [1.807, 2.05) is 36.9 Å². The first-order valence-electron chi connectivity index (χ1n) is 11.5. The summed E-state index contributed by atoms with van der Waals surface area (Å²) in [5.74, 6) is -0.981. The molecule has 0 saturated carbocycles. The second kappa shape index (κ2) is 10.2. The summed E-state index contributed by atoms with van der Waals surface area (Å²) in [7, 11) is 0. The number of nitrogens with zero attached hydrogens (tertiary/aromatic N) is 3. The molecule has 4 rings (SSSR count). The molecule has 1 fully saturated rings. The van der Waals surface area contributed by atoms with Crippen LogP contribution in [0.2, 0.25) is 0 Å². The van der Waals surface area contributed by atoms with Gasteiger partial charge in [0, 0.05) is 45.0 Å². The van der Waals surface area contributed by atoms with E-state index < -0.39 is 0 Å². The summed E-state index contributed by atoms with van der Waals surface area (Å²) in [5, 5.41) is 0. The molecule has 7 heteroatoms. The molecule has 0 spiro atoms. The minimum Gasteiger partial charge on any atom is -0.379 e. The Labute approximate surface area is 194 Å². The van der Waals surface area contributed by atoms with Crippen LogP contribution in [-0.2, 0) is 14.3 Å². The Balaban J connectivity index is 1.56. The fourth-order valence-electron chi connectivity index (χ4n) is 4.31. The molecule has 0 bridgehead atoms. The smallest absolute Gasteiger partial charge is 0.277 e. The lowest BCUT2D eigenvalue weighted by atomic mass is 10.0. The number of anilines is 1. The molecule has 0 atom stereocenters. The number of carbonyl (C=O) groups is 2. The average Bonchev–Trinajstić information content (AvgIpc) is 3.07. The third kappa shape index (κ3) is 5.09. The fourth-order valence-corrected chi connectivity index (χ4v) is 4.31. The van der Waals surface area contributed by atoms with Gasteiger partial charge in [-0.15, -0.1) is 0 Å². The van der Waals surface area contributed by atoms with Gasteiger partial charge in [-0.2, -0.15) is 0 Å². The van der Waals surface area contributed by atoms with E-state index in [2.05, 4.69) is 17.0 Å². The van der Waals surface area contributed by atoms with E-state index >= 15 is 0 Å². The van der Waals surface area contributed by atoms with Gasteiger partial charge in [0.1, 0.15) is 11.5 Å². The van der Waals surface area contributed by atoms with Crippen molar-refractivity contribution in [1.82, 2.24) is 9.80 Å². The third-order valence-corrected chi connectivity index (χ3v) is 5.97. The maximum Gasteiger partial charge on any atom is 0.277 e. The zero-order valence-electron chi connectivity index (χ0n) is 19.2. The highest BCUT2D eigenvalue weighted by atomic mass is 19.1. The van der Waals surface area contributed by atoms with Crippen LogP contribution in [0, 0.1) is 5.82 Å². The molecule has 0 N–H and O–H groups in total. The van der Waals surface area contributed by atoms with Gasteiger partial charge in [-0.3, -0.25) is 14.5 Å². The molecule has 1 saturated heterocycles. The minimum absolute atomic E-state index is 0.0966. The highest BCUT2D eigenvalue weighted by molar-refractivity contribution is 6.35. The number of halogens is 1. The lowest BCUT2D eigenvalue weighted by Crippen LogP contribution is -2.47. The summed E-state index contributed by atoms with van der Waals surface area (Å²) in [6.45, 7) is 7.41. The Hall–Kier alpha value is -3.19. The molecule has 0 aliphatic carbocycles. The largest absolute Gasteiger partial charge is 0.379 e. The number of rotatable bonds is 8. The summed E-state index contributed by atoms with van der Waals surface area (Å²) in [6, 6.07) is 15.9. The molecule has 174 valence electrons. The van der Waals surface area contributed by atoms with Crippen molar-refractivity contribution in [2.75, 3.05) is 44.2 Å². The fraction of sp³-hybridized carbons (Fsp3) is 0.385. The maximum atomic E-state index is 13.5. The van der Waals surface area contributed by atoms with Crippen molar-refractivity contribution < 1.29 is 18.7 Å². The number of hydrogen-bond acceptors (Lipinski definition) is 5. The standard InChI is InChI=1S/C26H30FN3O3/c1-19(2)33-18-6-13-30-25(31)23(20-9-11-21(27)12-10-20)24(26(30)32)29-16-14-28(15-17-29)22-7-4-3-5-8-22/h3-5,7-12,19H,6,13-18H2,1-2H3. The molecule has 0 radical (unpaired) electrons. The second-order valence-corrected chi connectivity index (χ2v) is 8.58. The number of benzene rings is 2. The predicted octanol–water partition coefficient (Wildman–Crippen LogP) is 3.54. The molecular formula is C26H30FN3O3. The van der Waals surface area contributed by atoms with Gasteiger partial charge in [-0.1, -0.05) is 30.3 Å². The first kappa shape index (κ1) is 23.0. The Kier molecular flexibility index (Phi) is 7.08. The molecule has 2 aliphatic rings. The van der Waals surface area contributed by atoms with Crippen molar-refractivity contribution >= 4 is 23.1 Å². The number of para-hydroxylation sites is 1. The number of imide groups is 1. The van der Waals surface area contributed by atoms with Gasteiger partial charge in [-0.25, -0.2) is 4.39 Å². The molecule has 0 aromatic heterocycles. The quantitative estimate of drug-likeness (QED) is 0.454. The lowest BCUT2D eigenvalue weighted by Gasteiger charge is -2.37. The first-order valence-corrected chi connectivity index (χ1v) is 11.5. The van der Waals surface area contributed by atoms with E-state index in [1.165, 1.54) is 17.0 Å². The summed E-state index contributed by atoms with van der Waals surface area (Å²) in [6.07, 6.45) is 0.667. The molecule has 2 amide bonds. The third-order valence-electron chi connectivity index (χ3n) is 5.97. The molecule has 2 aromatic carbocycles. The predicted molar refractivity (Wildman–Crippen MR) is 126 cm³/mol. The Morgan fingerprint density at radius 3 is 2.15 bits per heavy atom. The summed E-state index contributed by atoms with van der Waals surface area (Å²) in [4.78, 5) is 32.4. The van der Waals surface area contributed by atoms with E-state index in [-0.39, 0.29) is 23.7 Å². The second-order valence-electron chi connectivity index (χ2n) is 8.58. The lowest BCUT2D eigenvalue weighted by molar-refractivity contribution is -0.137. The van der Waals surface area contributed by atoms with Gasteiger partial charge in [0.25, 0.3) is 11.8 Å². The number of piperazine rings is 1. The number of ether oxygens (including phenoxy) is 1. The molecule has 6 nitrogen and oxygen atoms in total. The Morgan fingerprint density at radius 2 is 1.52 bits per heavy atom. The van der Waals surface area contributed by atoms with Crippen molar-refractivity contribution in [2.45, 2.75) is 26.4 Å². The van der Waals surface area contributed by atoms with Crippen LogP contribution < -0.4 is 4.90 Å². The maximum absolute atomic E-state index is 13.5. The van der Waals surface area contributed by atoms with Gasteiger partial charge in [0.2, 0.25) is 0 Å². The topological polar surface area (TPSA) is 53.1 Å². The van der Waals surface area contributed by atoms with Crippen LogP contribution >= 0.6 is 0 Å². The van der Waals surface area contributed by atoms with E-state index in [1.54, 1.807) is 12.1 Å². The SMILES string of the molecule is CC(C)OCCCN1C(=O)C(c2ccc(F)cc2)=C(N2CCN(c3ccccc3)CC2)C1=O. The molecule has 2 aliphatic heterocycles. The van der Waals surface area contributed by atoms with Crippen molar-refractivity contribution in [2.24, 2.45) is 0 Å². The molecule has 33 heavy (non-hydrogen) atoms. The zero-order valence-corrected chi connectivity index (χ0v) is 19.2. The summed E-state index contributed by atoms with van der Waals surface area (Å²) >= 11 is 0. The molecular weight excluding hydrogens is 421 g/mol. The average molecular weight is 452 g/mol. The Morgan fingerprint density at radius 1 is 0.879 bits per heavy atom.